The summed E-state index contributed by atoms with van der Waals surface area (Å²) in [6.45, 7) is 0. The van der Waals surface area contributed by atoms with E-state index in [4.69, 9.17) is 0 Å². The maximum absolute atomic E-state index is 12.2. The number of hydrogen-bond donors (Lipinski definition) is 2. The zero-order chi connectivity index (χ0) is 14.8. The minimum Gasteiger partial charge on any atom is -0.354 e. The summed E-state index contributed by atoms with van der Waals surface area (Å²) in [6.07, 6.45) is 3.14. The number of benzene rings is 1. The number of allylic oxidation sites excluding steroid dienone is 1. The molecule has 0 bridgehead atoms. The van der Waals surface area contributed by atoms with E-state index in [9.17, 15) is 9.59 Å². The van der Waals surface area contributed by atoms with E-state index >= 15 is 0 Å². The van der Waals surface area contributed by atoms with Crippen molar-refractivity contribution in [2.75, 3.05) is 12.4 Å². The lowest BCUT2D eigenvalue weighted by Crippen LogP contribution is -2.16. The quantitative estimate of drug-likeness (QED) is 0.852. The molecule has 0 saturated heterocycles. The third kappa shape index (κ3) is 2.70. The van der Waals surface area contributed by atoms with Crippen molar-refractivity contribution in [3.63, 3.8) is 0 Å². The lowest BCUT2D eigenvalue weighted by atomic mass is 10.1. The molecule has 1 aliphatic rings. The average molecular weight is 317 g/mol. The highest BCUT2D eigenvalue weighted by atomic mass is 32.2. The van der Waals surface area contributed by atoms with Crippen LogP contribution in [0.3, 0.4) is 0 Å². The van der Waals surface area contributed by atoms with Gasteiger partial charge < -0.3 is 10.6 Å². The number of nitrogens with zero attached hydrogens (tertiary/aromatic N) is 1. The molecular formula is C14H11N3O2S2. The van der Waals surface area contributed by atoms with E-state index in [1.807, 2.05) is 24.3 Å². The topological polar surface area (TPSA) is 71.1 Å². The van der Waals surface area contributed by atoms with Crippen LogP contribution < -0.4 is 10.6 Å². The number of anilines is 1. The molecule has 0 atom stereocenters. The van der Waals surface area contributed by atoms with Gasteiger partial charge in [0.2, 0.25) is 5.78 Å². The molecule has 7 heteroatoms. The van der Waals surface area contributed by atoms with Crippen molar-refractivity contribution in [2.24, 2.45) is 0 Å². The number of carbonyl (C=O) groups is 2. The fourth-order valence-electron chi connectivity index (χ4n) is 1.83. The molecule has 0 spiro atoms. The van der Waals surface area contributed by atoms with Crippen LogP contribution in [0.1, 0.15) is 20.0 Å². The van der Waals surface area contributed by atoms with Gasteiger partial charge in [-0.15, -0.1) is 0 Å². The maximum atomic E-state index is 12.2. The number of thioether (sulfide) groups is 1. The van der Waals surface area contributed by atoms with Gasteiger partial charge >= 0.3 is 0 Å². The van der Waals surface area contributed by atoms with Gasteiger partial charge in [-0.2, -0.15) is 0 Å². The number of fused-ring (bicyclic) bond motifs is 1. The average Bonchev–Trinajstić information content (AvgIpc) is 3.10. The van der Waals surface area contributed by atoms with Crippen LogP contribution in [0.5, 0.6) is 0 Å². The lowest BCUT2D eigenvalue weighted by Gasteiger charge is -1.96. The van der Waals surface area contributed by atoms with E-state index in [1.54, 1.807) is 13.2 Å². The SMILES string of the molecule is CNC(=O)c1cnc(NC=C2Sc3ccccc3C2=O)s1. The van der Waals surface area contributed by atoms with Crippen LogP contribution in [0.25, 0.3) is 0 Å². The van der Waals surface area contributed by atoms with Crippen molar-refractivity contribution in [3.05, 3.63) is 52.0 Å². The third-order valence-electron chi connectivity index (χ3n) is 2.86. The molecule has 0 saturated carbocycles. The van der Waals surface area contributed by atoms with Crippen LogP contribution in [0.2, 0.25) is 0 Å². The Bertz CT molecular complexity index is 752. The predicted molar refractivity (Wildman–Crippen MR) is 83.8 cm³/mol. The molecule has 0 aliphatic carbocycles. The van der Waals surface area contributed by atoms with Gasteiger partial charge in [-0.05, 0) is 12.1 Å². The predicted octanol–water partition coefficient (Wildman–Crippen LogP) is 2.74. The van der Waals surface area contributed by atoms with E-state index < -0.39 is 0 Å². The van der Waals surface area contributed by atoms with Crippen molar-refractivity contribution >= 4 is 39.9 Å². The zero-order valence-corrected chi connectivity index (χ0v) is 12.7. The van der Waals surface area contributed by atoms with Gasteiger partial charge in [0, 0.05) is 23.7 Å². The number of amides is 1. The number of aromatic nitrogens is 1. The zero-order valence-electron chi connectivity index (χ0n) is 11.0. The molecule has 2 heterocycles. The highest BCUT2D eigenvalue weighted by molar-refractivity contribution is 8.04. The molecule has 0 fully saturated rings. The number of nitrogens with one attached hydrogen (secondary N) is 2. The molecule has 106 valence electrons. The first-order valence-electron chi connectivity index (χ1n) is 6.15. The Morgan fingerprint density at radius 3 is 2.90 bits per heavy atom. The molecule has 5 nitrogen and oxygen atoms in total. The van der Waals surface area contributed by atoms with Gasteiger partial charge in [0.05, 0.1) is 11.1 Å². The second-order valence-electron chi connectivity index (χ2n) is 4.19. The summed E-state index contributed by atoms with van der Waals surface area (Å²) in [4.78, 5) is 29.8. The van der Waals surface area contributed by atoms with Gasteiger partial charge in [-0.25, -0.2) is 4.98 Å². The summed E-state index contributed by atoms with van der Waals surface area (Å²) in [6, 6.07) is 7.50. The molecule has 1 amide bonds. The molecular weight excluding hydrogens is 306 g/mol. The second kappa shape index (κ2) is 5.71. The van der Waals surface area contributed by atoms with Crippen LogP contribution in [-0.4, -0.2) is 23.7 Å². The number of Topliss-reactive ketones (excluding diaryl/α,β-unsaturated/α-hetero) is 1. The van der Waals surface area contributed by atoms with Crippen LogP contribution in [0.15, 0.2) is 46.5 Å². The Labute approximate surface area is 129 Å². The second-order valence-corrected chi connectivity index (χ2v) is 6.30. The van der Waals surface area contributed by atoms with Crippen molar-refractivity contribution in [1.82, 2.24) is 10.3 Å². The molecule has 1 aliphatic heterocycles. The first-order chi connectivity index (χ1) is 10.2. The fourth-order valence-corrected chi connectivity index (χ4v) is 3.54. The minimum absolute atomic E-state index is 0.00572. The largest absolute Gasteiger partial charge is 0.354 e. The summed E-state index contributed by atoms with van der Waals surface area (Å²) >= 11 is 2.66. The molecule has 1 aromatic carbocycles. The fraction of sp³-hybridized carbons (Fsp3) is 0.0714. The first kappa shape index (κ1) is 13.8. The normalized spacial score (nSPS) is 15.1. The standard InChI is InChI=1S/C14H11N3O2S2/c1-15-13(19)11-7-17-14(21-11)16-6-10-12(18)8-4-2-3-5-9(8)20-10/h2-7H,1H3,(H,15,19)(H,16,17). The summed E-state index contributed by atoms with van der Waals surface area (Å²) in [5.74, 6) is -0.168. The Balaban J connectivity index is 1.75. The van der Waals surface area contributed by atoms with Gasteiger partial charge in [-0.3, -0.25) is 9.59 Å². The Morgan fingerprint density at radius 1 is 1.33 bits per heavy atom. The van der Waals surface area contributed by atoms with Crippen LogP contribution in [-0.2, 0) is 0 Å². The summed E-state index contributed by atoms with van der Waals surface area (Å²) in [7, 11) is 1.57. The first-order valence-corrected chi connectivity index (χ1v) is 7.78. The Hall–Kier alpha value is -2.12. The molecule has 3 rings (SSSR count). The highest BCUT2D eigenvalue weighted by Crippen LogP contribution is 2.39. The van der Waals surface area contributed by atoms with Gasteiger partial charge in [0.1, 0.15) is 4.88 Å². The Kier molecular flexibility index (Phi) is 3.76. The van der Waals surface area contributed by atoms with Crippen LogP contribution in [0, 0.1) is 0 Å². The van der Waals surface area contributed by atoms with E-state index in [1.165, 1.54) is 29.3 Å². The van der Waals surface area contributed by atoms with Gasteiger partial charge in [-0.1, -0.05) is 35.2 Å². The van der Waals surface area contributed by atoms with Crippen LogP contribution >= 0.6 is 23.1 Å². The third-order valence-corrected chi connectivity index (χ3v) is 4.89. The van der Waals surface area contributed by atoms with E-state index in [0.717, 1.165) is 10.5 Å². The Morgan fingerprint density at radius 2 is 2.14 bits per heavy atom. The molecule has 2 aromatic rings. The number of carbonyl (C=O) groups excluding carboxylic acids is 2. The number of hydrogen-bond acceptors (Lipinski definition) is 6. The number of thiazole rings is 1. The molecule has 21 heavy (non-hydrogen) atoms. The van der Waals surface area contributed by atoms with Crippen molar-refractivity contribution in [2.45, 2.75) is 4.90 Å². The van der Waals surface area contributed by atoms with Crippen LogP contribution in [0.4, 0.5) is 5.13 Å². The number of rotatable bonds is 3. The summed E-state index contributed by atoms with van der Waals surface area (Å²) < 4.78 is 0. The van der Waals surface area contributed by atoms with Gasteiger partial charge in [0.25, 0.3) is 5.91 Å². The molecule has 2 N–H and O–H groups in total. The van der Waals surface area contributed by atoms with Crippen molar-refractivity contribution in [1.29, 1.82) is 0 Å². The smallest absolute Gasteiger partial charge is 0.262 e. The summed E-state index contributed by atoms with van der Waals surface area (Å²) in [5.41, 5.74) is 0.723. The lowest BCUT2D eigenvalue weighted by molar-refractivity contribution is 0.0966. The van der Waals surface area contributed by atoms with E-state index in [2.05, 4.69) is 15.6 Å². The molecule has 0 radical (unpaired) electrons. The maximum Gasteiger partial charge on any atom is 0.262 e. The highest BCUT2D eigenvalue weighted by Gasteiger charge is 2.25. The van der Waals surface area contributed by atoms with E-state index in [-0.39, 0.29) is 11.7 Å². The monoisotopic (exact) mass is 317 g/mol. The summed E-state index contributed by atoms with van der Waals surface area (Å²) in [5, 5.41) is 6.09. The number of ketones is 1. The van der Waals surface area contributed by atoms with Crippen molar-refractivity contribution in [3.8, 4) is 0 Å². The molecule has 1 aromatic heterocycles. The van der Waals surface area contributed by atoms with E-state index in [0.29, 0.717) is 14.9 Å². The molecule has 0 unspecified atom stereocenters. The minimum atomic E-state index is -0.174. The van der Waals surface area contributed by atoms with Crippen molar-refractivity contribution < 1.29 is 9.59 Å². The van der Waals surface area contributed by atoms with Gasteiger partial charge in [0.15, 0.2) is 5.13 Å².